The maximum absolute atomic E-state index is 9.79. The summed E-state index contributed by atoms with van der Waals surface area (Å²) in [5, 5.41) is 9.79. The number of halogens is 1. The van der Waals surface area contributed by atoms with E-state index in [0.29, 0.717) is 0 Å². The topological polar surface area (TPSA) is 23.5 Å². The number of piperidine rings is 1. The van der Waals surface area contributed by atoms with E-state index in [4.69, 9.17) is 0 Å². The van der Waals surface area contributed by atoms with Gasteiger partial charge in [0.1, 0.15) is 0 Å². The molecule has 1 heterocycles. The Bertz CT molecular complexity index is 392. The first-order valence-corrected chi connectivity index (χ1v) is 6.94. The molecule has 0 aromatic heterocycles. The van der Waals surface area contributed by atoms with Crippen LogP contribution in [0.15, 0.2) is 28.7 Å². The van der Waals surface area contributed by atoms with Gasteiger partial charge in [0.2, 0.25) is 0 Å². The second-order valence-corrected chi connectivity index (χ2v) is 6.43. The largest absolute Gasteiger partial charge is 0.392 e. The fourth-order valence-electron chi connectivity index (χ4n) is 2.41. The molecule has 2 nitrogen and oxygen atoms in total. The lowest BCUT2D eigenvalue weighted by atomic mass is 9.88. The zero-order valence-corrected chi connectivity index (χ0v) is 12.1. The van der Waals surface area contributed by atoms with Crippen molar-refractivity contribution in [1.29, 1.82) is 0 Å². The molecule has 0 spiro atoms. The third-order valence-electron chi connectivity index (χ3n) is 3.64. The first kappa shape index (κ1) is 13.1. The highest BCUT2D eigenvalue weighted by Crippen LogP contribution is 2.29. The number of aliphatic hydroxyl groups excluding tert-OH is 1. The Balaban J connectivity index is 2.11. The first-order valence-electron chi connectivity index (χ1n) is 6.15. The van der Waals surface area contributed by atoms with Crippen molar-refractivity contribution < 1.29 is 5.11 Å². The molecular formula is C14H20BrNO. The SMILES string of the molecule is CC1(C)CCC(O)CN1Cc1cccc(Br)c1. The van der Waals surface area contributed by atoms with Crippen LogP contribution in [-0.4, -0.2) is 28.2 Å². The van der Waals surface area contributed by atoms with E-state index in [-0.39, 0.29) is 11.6 Å². The van der Waals surface area contributed by atoms with Gasteiger partial charge in [-0.1, -0.05) is 28.1 Å². The van der Waals surface area contributed by atoms with Crippen molar-refractivity contribution in [2.45, 2.75) is 44.9 Å². The summed E-state index contributed by atoms with van der Waals surface area (Å²) >= 11 is 3.50. The zero-order valence-electron chi connectivity index (χ0n) is 10.5. The van der Waals surface area contributed by atoms with Gasteiger partial charge in [0, 0.05) is 23.1 Å². The Morgan fingerprint density at radius 3 is 2.94 bits per heavy atom. The van der Waals surface area contributed by atoms with Crippen molar-refractivity contribution >= 4 is 15.9 Å². The van der Waals surface area contributed by atoms with Crippen molar-refractivity contribution in [3.63, 3.8) is 0 Å². The van der Waals surface area contributed by atoms with Crippen molar-refractivity contribution in [1.82, 2.24) is 4.90 Å². The summed E-state index contributed by atoms with van der Waals surface area (Å²) < 4.78 is 1.12. The second kappa shape index (κ2) is 5.09. The smallest absolute Gasteiger partial charge is 0.0668 e. The molecular weight excluding hydrogens is 278 g/mol. The van der Waals surface area contributed by atoms with Crippen LogP contribution < -0.4 is 0 Å². The second-order valence-electron chi connectivity index (χ2n) is 5.52. The summed E-state index contributed by atoms with van der Waals surface area (Å²) in [6, 6.07) is 8.39. The highest BCUT2D eigenvalue weighted by atomic mass is 79.9. The molecule has 0 amide bonds. The molecule has 1 aliphatic heterocycles. The number of aliphatic hydroxyl groups is 1. The van der Waals surface area contributed by atoms with Crippen LogP contribution in [0.2, 0.25) is 0 Å². The minimum Gasteiger partial charge on any atom is -0.392 e. The molecule has 1 N–H and O–H groups in total. The molecule has 3 heteroatoms. The number of nitrogens with zero attached hydrogens (tertiary/aromatic N) is 1. The van der Waals surface area contributed by atoms with Gasteiger partial charge in [0.25, 0.3) is 0 Å². The van der Waals surface area contributed by atoms with Crippen molar-refractivity contribution in [3.05, 3.63) is 34.3 Å². The predicted molar refractivity (Wildman–Crippen MR) is 73.9 cm³/mol. The number of rotatable bonds is 2. The lowest BCUT2D eigenvalue weighted by Crippen LogP contribution is -2.51. The summed E-state index contributed by atoms with van der Waals surface area (Å²) in [4.78, 5) is 2.38. The molecule has 1 unspecified atom stereocenters. The van der Waals surface area contributed by atoms with Crippen molar-refractivity contribution in [2.75, 3.05) is 6.54 Å². The van der Waals surface area contributed by atoms with Crippen LogP contribution in [-0.2, 0) is 6.54 Å². The molecule has 17 heavy (non-hydrogen) atoms. The summed E-state index contributed by atoms with van der Waals surface area (Å²) in [5.74, 6) is 0. The molecule has 1 saturated heterocycles. The summed E-state index contributed by atoms with van der Waals surface area (Å²) in [6.07, 6.45) is 1.81. The maximum Gasteiger partial charge on any atom is 0.0668 e. The van der Waals surface area contributed by atoms with E-state index in [1.807, 2.05) is 6.07 Å². The standard InChI is InChI=1S/C14H20BrNO/c1-14(2)7-6-13(17)10-16(14)9-11-4-3-5-12(15)8-11/h3-5,8,13,17H,6-7,9-10H2,1-2H3. The van der Waals surface area contributed by atoms with Crippen LogP contribution >= 0.6 is 15.9 Å². The van der Waals surface area contributed by atoms with E-state index in [1.165, 1.54) is 5.56 Å². The molecule has 1 aliphatic rings. The number of hydrogen-bond donors (Lipinski definition) is 1. The highest BCUT2D eigenvalue weighted by molar-refractivity contribution is 9.10. The van der Waals surface area contributed by atoms with Gasteiger partial charge < -0.3 is 5.11 Å². The molecule has 1 aromatic rings. The molecule has 1 atom stereocenters. The van der Waals surface area contributed by atoms with Gasteiger partial charge in [-0.15, -0.1) is 0 Å². The summed E-state index contributed by atoms with van der Waals surface area (Å²) in [6.45, 7) is 6.21. The average molecular weight is 298 g/mol. The van der Waals surface area contributed by atoms with Crippen molar-refractivity contribution in [3.8, 4) is 0 Å². The van der Waals surface area contributed by atoms with Crippen LogP contribution in [0.5, 0.6) is 0 Å². The van der Waals surface area contributed by atoms with Gasteiger partial charge in [-0.25, -0.2) is 0 Å². The average Bonchev–Trinajstić information content (AvgIpc) is 2.24. The quantitative estimate of drug-likeness (QED) is 0.906. The minimum absolute atomic E-state index is 0.171. The number of benzene rings is 1. The van der Waals surface area contributed by atoms with E-state index < -0.39 is 0 Å². The van der Waals surface area contributed by atoms with E-state index in [9.17, 15) is 5.11 Å². The molecule has 1 fully saturated rings. The van der Waals surface area contributed by atoms with Gasteiger partial charge >= 0.3 is 0 Å². The third-order valence-corrected chi connectivity index (χ3v) is 4.13. The normalized spacial score (nSPS) is 24.8. The molecule has 0 bridgehead atoms. The van der Waals surface area contributed by atoms with Gasteiger partial charge in [0.05, 0.1) is 6.10 Å². The van der Waals surface area contributed by atoms with Crippen LogP contribution in [0.1, 0.15) is 32.3 Å². The Hall–Kier alpha value is -0.380. The van der Waals surface area contributed by atoms with E-state index in [1.54, 1.807) is 0 Å². The lowest BCUT2D eigenvalue weighted by Gasteiger charge is -2.44. The Morgan fingerprint density at radius 2 is 2.24 bits per heavy atom. The van der Waals surface area contributed by atoms with Crippen LogP contribution in [0.4, 0.5) is 0 Å². The van der Waals surface area contributed by atoms with E-state index in [2.05, 4.69) is 52.9 Å². The molecule has 2 rings (SSSR count). The van der Waals surface area contributed by atoms with Gasteiger partial charge in [-0.05, 0) is 44.4 Å². The van der Waals surface area contributed by atoms with Crippen LogP contribution in [0, 0.1) is 0 Å². The zero-order chi connectivity index (χ0) is 12.5. The monoisotopic (exact) mass is 297 g/mol. The highest BCUT2D eigenvalue weighted by Gasteiger charge is 2.33. The summed E-state index contributed by atoms with van der Waals surface area (Å²) in [7, 11) is 0. The van der Waals surface area contributed by atoms with E-state index in [0.717, 1.165) is 30.4 Å². The molecule has 0 aliphatic carbocycles. The van der Waals surface area contributed by atoms with Crippen molar-refractivity contribution in [2.24, 2.45) is 0 Å². The molecule has 1 aromatic carbocycles. The third kappa shape index (κ3) is 3.30. The fourth-order valence-corrected chi connectivity index (χ4v) is 2.85. The molecule has 94 valence electrons. The van der Waals surface area contributed by atoms with Gasteiger partial charge in [-0.2, -0.15) is 0 Å². The molecule has 0 radical (unpaired) electrons. The number of likely N-dealkylation sites (tertiary alicyclic amines) is 1. The lowest BCUT2D eigenvalue weighted by molar-refractivity contribution is -0.00960. The molecule has 0 saturated carbocycles. The Morgan fingerprint density at radius 1 is 1.47 bits per heavy atom. The predicted octanol–water partition coefficient (Wildman–Crippen LogP) is 3.18. The number of β-amino-alcohol motifs (C(OH)–C–C–N with tert-alkyl or cyclic N) is 1. The number of hydrogen-bond acceptors (Lipinski definition) is 2. The fraction of sp³-hybridized carbons (Fsp3) is 0.571. The first-order chi connectivity index (χ1) is 7.97. The van der Waals surface area contributed by atoms with Crippen LogP contribution in [0.25, 0.3) is 0 Å². The van der Waals surface area contributed by atoms with E-state index >= 15 is 0 Å². The summed E-state index contributed by atoms with van der Waals surface area (Å²) in [5.41, 5.74) is 1.48. The maximum atomic E-state index is 9.79. The van der Waals surface area contributed by atoms with Gasteiger partial charge in [0.15, 0.2) is 0 Å². The van der Waals surface area contributed by atoms with Crippen LogP contribution in [0.3, 0.4) is 0 Å². The minimum atomic E-state index is -0.171. The Labute approximate surface area is 112 Å². The Kier molecular flexibility index (Phi) is 3.91. The van der Waals surface area contributed by atoms with Gasteiger partial charge in [-0.3, -0.25) is 4.90 Å².